The summed E-state index contributed by atoms with van der Waals surface area (Å²) in [5, 5.41) is 9.42. The molecule has 0 aliphatic heterocycles. The molecular weight excluding hydrogens is 272 g/mol. The smallest absolute Gasteiger partial charge is 0.313 e. The van der Waals surface area contributed by atoms with E-state index in [-0.39, 0.29) is 6.61 Å². The molecule has 0 spiro atoms. The Kier molecular flexibility index (Phi) is 4.79. The topological polar surface area (TPSA) is 70.3 Å². The third-order valence-corrected chi connectivity index (χ3v) is 2.84. The number of hydrogen-bond donors (Lipinski definition) is 1. The highest BCUT2D eigenvalue weighted by Gasteiger charge is 2.19. The van der Waals surface area contributed by atoms with Crippen LogP contribution < -0.4 is 0 Å². The molecule has 1 N–H and O–H groups in total. The first-order valence-electron chi connectivity index (χ1n) is 4.24. The molecule has 7 heteroatoms. The number of hydrogen-bond acceptors (Lipinski definition) is 3. The molecule has 1 rings (SSSR count). The van der Waals surface area contributed by atoms with Gasteiger partial charge in [-0.15, -0.1) is 0 Å². The van der Waals surface area contributed by atoms with Crippen molar-refractivity contribution in [1.82, 2.24) is 0 Å². The third kappa shape index (κ3) is 4.52. The van der Waals surface area contributed by atoms with Crippen LogP contribution >= 0.6 is 29.8 Å². The van der Waals surface area contributed by atoms with E-state index < -0.39 is 12.9 Å². The van der Waals surface area contributed by atoms with Gasteiger partial charge in [-0.2, -0.15) is 5.26 Å². The predicted molar refractivity (Wildman–Crippen MR) is 61.4 cm³/mol. The van der Waals surface area contributed by atoms with Gasteiger partial charge in [-0.25, -0.2) is 4.57 Å². The molecule has 86 valence electrons. The van der Waals surface area contributed by atoms with Crippen molar-refractivity contribution in [1.29, 1.82) is 5.26 Å². The zero-order valence-corrected chi connectivity index (χ0v) is 10.4. The Labute approximate surface area is 103 Å². The van der Waals surface area contributed by atoms with Crippen molar-refractivity contribution in [2.75, 3.05) is 6.61 Å². The van der Waals surface area contributed by atoms with Gasteiger partial charge in [-0.1, -0.05) is 23.7 Å². The van der Waals surface area contributed by atoms with E-state index in [4.69, 9.17) is 33.0 Å². The lowest BCUT2D eigenvalue weighted by molar-refractivity contribution is 0.268. The Bertz CT molecular complexity index is 437. The van der Waals surface area contributed by atoms with Crippen molar-refractivity contribution < 1.29 is 14.0 Å². The standard InChI is InChI=1S/C9H8Cl2NO3P/c10-9-3-1-7(2-4-9)8(5-12)6-15-16(11,13)14/h1-4,8H,6H2,(H,13,14). The third-order valence-electron chi connectivity index (χ3n) is 1.83. The lowest BCUT2D eigenvalue weighted by Crippen LogP contribution is -2.03. The zero-order valence-electron chi connectivity index (χ0n) is 8.01. The summed E-state index contributed by atoms with van der Waals surface area (Å²) in [6, 6.07) is 8.50. The molecule has 0 saturated heterocycles. The second-order valence-electron chi connectivity index (χ2n) is 2.98. The molecule has 0 saturated carbocycles. The minimum atomic E-state index is -4.07. The van der Waals surface area contributed by atoms with Crippen molar-refractivity contribution in [3.8, 4) is 6.07 Å². The maximum absolute atomic E-state index is 10.7. The molecule has 16 heavy (non-hydrogen) atoms. The van der Waals surface area contributed by atoms with E-state index in [1.807, 2.05) is 6.07 Å². The molecule has 4 nitrogen and oxygen atoms in total. The predicted octanol–water partition coefficient (Wildman–Crippen LogP) is 3.30. The normalized spacial score (nSPS) is 16.1. The summed E-state index contributed by atoms with van der Waals surface area (Å²) in [5.74, 6) is -0.656. The van der Waals surface area contributed by atoms with Gasteiger partial charge in [0.25, 0.3) is 0 Å². The Morgan fingerprint density at radius 2 is 2.06 bits per heavy atom. The second-order valence-corrected chi connectivity index (χ2v) is 5.86. The van der Waals surface area contributed by atoms with Crippen LogP contribution in [-0.4, -0.2) is 11.5 Å². The molecule has 0 fully saturated rings. The molecule has 0 amide bonds. The Balaban J connectivity index is 2.73. The lowest BCUT2D eigenvalue weighted by atomic mass is 10.0. The molecule has 0 heterocycles. The van der Waals surface area contributed by atoms with E-state index in [2.05, 4.69) is 4.52 Å². The van der Waals surface area contributed by atoms with Gasteiger partial charge >= 0.3 is 6.95 Å². The number of benzene rings is 1. The van der Waals surface area contributed by atoms with Crippen LogP contribution in [0.15, 0.2) is 24.3 Å². The summed E-state index contributed by atoms with van der Waals surface area (Å²) in [7, 11) is 0. The fourth-order valence-corrected chi connectivity index (χ4v) is 1.70. The summed E-state index contributed by atoms with van der Waals surface area (Å²) < 4.78 is 15.2. The van der Waals surface area contributed by atoms with Gasteiger partial charge in [0.1, 0.15) is 0 Å². The summed E-state index contributed by atoms with van der Waals surface area (Å²) in [4.78, 5) is 8.72. The molecule has 0 aromatic heterocycles. The fourth-order valence-electron chi connectivity index (χ4n) is 1.07. The van der Waals surface area contributed by atoms with Gasteiger partial charge in [0, 0.05) is 16.3 Å². The van der Waals surface area contributed by atoms with Crippen molar-refractivity contribution in [2.45, 2.75) is 5.92 Å². The number of nitriles is 1. The van der Waals surface area contributed by atoms with Crippen LogP contribution in [-0.2, 0) is 9.09 Å². The fraction of sp³-hybridized carbons (Fsp3) is 0.222. The van der Waals surface area contributed by atoms with E-state index in [0.717, 1.165) is 0 Å². The first-order valence-corrected chi connectivity index (χ1v) is 7.10. The SMILES string of the molecule is N#CC(COP(=O)(O)Cl)c1ccc(Cl)cc1. The Morgan fingerprint density at radius 3 is 2.50 bits per heavy atom. The summed E-state index contributed by atoms with van der Waals surface area (Å²) in [6.07, 6.45) is 0. The first-order chi connectivity index (χ1) is 7.42. The van der Waals surface area contributed by atoms with Crippen LogP contribution in [0.5, 0.6) is 0 Å². The minimum Gasteiger partial charge on any atom is -0.313 e. The van der Waals surface area contributed by atoms with E-state index in [1.165, 1.54) is 0 Å². The van der Waals surface area contributed by atoms with E-state index in [1.54, 1.807) is 24.3 Å². The van der Waals surface area contributed by atoms with E-state index in [0.29, 0.717) is 10.6 Å². The average molecular weight is 280 g/mol. The maximum atomic E-state index is 10.7. The summed E-state index contributed by atoms with van der Waals surface area (Å²) in [5.41, 5.74) is 0.650. The highest BCUT2D eigenvalue weighted by Crippen LogP contribution is 2.48. The minimum absolute atomic E-state index is 0.241. The Hall–Kier alpha value is -0.560. The number of halogens is 2. The van der Waals surface area contributed by atoms with Crippen LogP contribution in [0, 0.1) is 11.3 Å². The van der Waals surface area contributed by atoms with Crippen LogP contribution in [0.3, 0.4) is 0 Å². The number of nitrogens with zero attached hydrogens (tertiary/aromatic N) is 1. The second kappa shape index (κ2) is 5.67. The van der Waals surface area contributed by atoms with Gasteiger partial charge in [0.2, 0.25) is 0 Å². The van der Waals surface area contributed by atoms with Crippen LogP contribution in [0.2, 0.25) is 5.02 Å². The Morgan fingerprint density at radius 1 is 1.50 bits per heavy atom. The molecule has 1 aromatic carbocycles. The molecule has 0 bridgehead atoms. The van der Waals surface area contributed by atoms with E-state index >= 15 is 0 Å². The van der Waals surface area contributed by atoms with Gasteiger partial charge in [-0.05, 0) is 17.7 Å². The van der Waals surface area contributed by atoms with Crippen molar-refractivity contribution in [3.05, 3.63) is 34.9 Å². The van der Waals surface area contributed by atoms with Crippen molar-refractivity contribution >= 4 is 29.8 Å². The first kappa shape index (κ1) is 13.5. The van der Waals surface area contributed by atoms with Crippen LogP contribution in [0.1, 0.15) is 11.5 Å². The molecular formula is C9H8Cl2NO3P. The average Bonchev–Trinajstić information content (AvgIpc) is 2.20. The summed E-state index contributed by atoms with van der Waals surface area (Å²) in [6.45, 7) is -4.31. The monoisotopic (exact) mass is 279 g/mol. The molecule has 0 aliphatic rings. The van der Waals surface area contributed by atoms with Crippen molar-refractivity contribution in [3.63, 3.8) is 0 Å². The zero-order chi connectivity index (χ0) is 12.2. The molecule has 2 unspecified atom stereocenters. The highest BCUT2D eigenvalue weighted by atomic mass is 35.7. The maximum Gasteiger partial charge on any atom is 0.421 e. The largest absolute Gasteiger partial charge is 0.421 e. The highest BCUT2D eigenvalue weighted by molar-refractivity contribution is 7.80. The molecule has 0 aliphatic carbocycles. The van der Waals surface area contributed by atoms with Gasteiger partial charge < -0.3 is 4.89 Å². The lowest BCUT2D eigenvalue weighted by Gasteiger charge is -2.10. The molecule has 0 radical (unpaired) electrons. The van der Waals surface area contributed by atoms with Crippen LogP contribution in [0.25, 0.3) is 0 Å². The van der Waals surface area contributed by atoms with E-state index in [9.17, 15) is 4.57 Å². The number of rotatable bonds is 4. The van der Waals surface area contributed by atoms with Gasteiger partial charge in [0.05, 0.1) is 18.6 Å². The van der Waals surface area contributed by atoms with Gasteiger partial charge in [-0.3, -0.25) is 4.52 Å². The molecule has 1 aromatic rings. The quantitative estimate of drug-likeness (QED) is 0.859. The van der Waals surface area contributed by atoms with Gasteiger partial charge in [0.15, 0.2) is 0 Å². The summed E-state index contributed by atoms with van der Waals surface area (Å²) >= 11 is 10.7. The van der Waals surface area contributed by atoms with Crippen LogP contribution in [0.4, 0.5) is 0 Å². The molecule has 2 atom stereocenters. The van der Waals surface area contributed by atoms with Crippen molar-refractivity contribution in [2.24, 2.45) is 0 Å².